The summed E-state index contributed by atoms with van der Waals surface area (Å²) in [7, 11) is -3.61. The Hall–Kier alpha value is -1.95. The highest BCUT2D eigenvalue weighted by Gasteiger charge is 2.24. The number of thiazole rings is 1. The zero-order chi connectivity index (χ0) is 24.4. The number of carbonyl (C=O) groups is 1. The number of amides is 1. The molecule has 3 N–H and O–H groups in total. The van der Waals surface area contributed by atoms with Crippen molar-refractivity contribution in [1.82, 2.24) is 4.98 Å². The van der Waals surface area contributed by atoms with Crippen molar-refractivity contribution in [3.63, 3.8) is 0 Å². The van der Waals surface area contributed by atoms with Gasteiger partial charge in [0.05, 0.1) is 16.9 Å². The maximum absolute atomic E-state index is 12.9. The van der Waals surface area contributed by atoms with Crippen molar-refractivity contribution in [3.8, 4) is 5.75 Å². The first kappa shape index (κ1) is 26.3. The summed E-state index contributed by atoms with van der Waals surface area (Å²) in [5.74, 6) is -0.881. The smallest absolute Gasteiger partial charge is 0.387 e. The fraction of sp³-hybridized carbons (Fsp3) is 0.524. The second kappa shape index (κ2) is 9.90. The number of nitrogens with zero attached hydrogens (tertiary/aromatic N) is 2. The molecule has 1 unspecified atom stereocenters. The van der Waals surface area contributed by atoms with Crippen LogP contribution in [0.1, 0.15) is 74.9 Å². The van der Waals surface area contributed by atoms with Gasteiger partial charge < -0.3 is 9.84 Å². The number of carbonyl (C=O) groups excluding carboxylic acids is 1. The van der Waals surface area contributed by atoms with Gasteiger partial charge in [-0.05, 0) is 54.5 Å². The number of halogens is 2. The zero-order valence-electron chi connectivity index (χ0n) is 18.9. The van der Waals surface area contributed by atoms with E-state index >= 15 is 0 Å². The van der Waals surface area contributed by atoms with Crippen molar-refractivity contribution < 1.29 is 27.6 Å². The molecule has 178 valence electrons. The van der Waals surface area contributed by atoms with E-state index in [0.29, 0.717) is 21.6 Å². The summed E-state index contributed by atoms with van der Waals surface area (Å²) in [5.41, 5.74) is 0.752. The standard InChI is InChI=1S/C21H29F2N3O4S2/c1-11(2)14-7-13(30-19(22)23)8-15(12(3)4)16(14)9-18(27)26-32(24,29)20-25-10-17(31-20)21(5,6)28/h7-8,10-12,19,28H,9H2,1-6H3,(H2,24,26,27,29). The van der Waals surface area contributed by atoms with E-state index in [2.05, 4.69) is 14.1 Å². The number of ether oxygens (including phenoxy) is 1. The molecule has 0 saturated heterocycles. The summed E-state index contributed by atoms with van der Waals surface area (Å²) < 4.78 is 46.7. The largest absolute Gasteiger partial charge is 0.435 e. The highest BCUT2D eigenvalue weighted by molar-refractivity contribution is 7.93. The average Bonchev–Trinajstić information content (AvgIpc) is 3.12. The van der Waals surface area contributed by atoms with E-state index in [1.165, 1.54) is 18.3 Å². The van der Waals surface area contributed by atoms with Crippen LogP contribution in [0.2, 0.25) is 0 Å². The lowest BCUT2D eigenvalue weighted by Gasteiger charge is -2.21. The first-order chi connectivity index (χ1) is 14.6. The third-order valence-electron chi connectivity index (χ3n) is 4.66. The molecule has 2 aromatic rings. The molecule has 0 saturated carbocycles. The lowest BCUT2D eigenvalue weighted by atomic mass is 9.86. The Kier molecular flexibility index (Phi) is 8.14. The van der Waals surface area contributed by atoms with Crippen molar-refractivity contribution in [2.24, 2.45) is 9.50 Å². The predicted octanol–water partition coefficient (Wildman–Crippen LogP) is 4.69. The van der Waals surface area contributed by atoms with Gasteiger partial charge in [-0.1, -0.05) is 27.7 Å². The zero-order valence-corrected chi connectivity index (χ0v) is 20.5. The fourth-order valence-corrected chi connectivity index (χ4v) is 5.30. The average molecular weight is 490 g/mol. The van der Waals surface area contributed by atoms with E-state index in [1.807, 2.05) is 27.7 Å². The molecule has 0 aliphatic rings. The van der Waals surface area contributed by atoms with Gasteiger partial charge in [0.15, 0.2) is 9.92 Å². The third-order valence-corrected chi connectivity index (χ3v) is 7.82. The van der Waals surface area contributed by atoms with E-state index in [0.717, 1.165) is 11.3 Å². The Bertz CT molecular complexity index is 1070. The summed E-state index contributed by atoms with van der Waals surface area (Å²) in [6.45, 7) is 7.62. The van der Waals surface area contributed by atoms with Crippen molar-refractivity contribution in [3.05, 3.63) is 39.9 Å². The van der Waals surface area contributed by atoms with Gasteiger partial charge in [-0.15, -0.1) is 15.7 Å². The molecule has 0 bridgehead atoms. The molecule has 2 rings (SSSR count). The van der Waals surface area contributed by atoms with Crippen LogP contribution in [-0.4, -0.2) is 26.8 Å². The predicted molar refractivity (Wildman–Crippen MR) is 120 cm³/mol. The Morgan fingerprint density at radius 2 is 1.78 bits per heavy atom. The summed E-state index contributed by atoms with van der Waals surface area (Å²) in [6, 6.07) is 2.98. The van der Waals surface area contributed by atoms with Gasteiger partial charge in [0.1, 0.15) is 5.75 Å². The van der Waals surface area contributed by atoms with Gasteiger partial charge in [0.2, 0.25) is 4.34 Å². The van der Waals surface area contributed by atoms with Crippen LogP contribution in [-0.2, 0) is 26.7 Å². The molecule has 1 amide bonds. The second-order valence-electron chi connectivity index (χ2n) is 8.55. The maximum atomic E-state index is 12.9. The quantitative estimate of drug-likeness (QED) is 0.558. The lowest BCUT2D eigenvalue weighted by Crippen LogP contribution is -2.17. The lowest BCUT2D eigenvalue weighted by molar-refractivity contribution is -0.117. The number of benzene rings is 1. The molecule has 0 radical (unpaired) electrons. The van der Waals surface area contributed by atoms with Crippen LogP contribution < -0.4 is 9.88 Å². The van der Waals surface area contributed by atoms with Crippen LogP contribution in [0.4, 0.5) is 8.78 Å². The summed E-state index contributed by atoms with van der Waals surface area (Å²) in [6.07, 6.45) is 1.15. The minimum atomic E-state index is -3.61. The van der Waals surface area contributed by atoms with Crippen LogP contribution in [0.3, 0.4) is 0 Å². The summed E-state index contributed by atoms with van der Waals surface area (Å²) in [5, 5.41) is 15.9. The number of rotatable bonds is 8. The van der Waals surface area contributed by atoms with Crippen LogP contribution in [0.15, 0.2) is 27.0 Å². The summed E-state index contributed by atoms with van der Waals surface area (Å²) in [4.78, 5) is 17.2. The molecule has 1 aromatic carbocycles. The van der Waals surface area contributed by atoms with Crippen molar-refractivity contribution >= 4 is 27.2 Å². The second-order valence-corrected chi connectivity index (χ2v) is 11.5. The van der Waals surface area contributed by atoms with Gasteiger partial charge in [-0.25, -0.2) is 14.3 Å². The maximum Gasteiger partial charge on any atom is 0.387 e. The molecule has 7 nitrogen and oxygen atoms in total. The Morgan fingerprint density at radius 3 is 2.19 bits per heavy atom. The molecule has 1 atom stereocenters. The normalized spacial score (nSPS) is 14.2. The molecule has 32 heavy (non-hydrogen) atoms. The SMILES string of the molecule is CC(C)c1cc(OC(F)F)cc(C(C)C)c1CC(=O)N=S(N)(=O)c1ncc(C(C)(C)O)s1. The van der Waals surface area contributed by atoms with Gasteiger partial charge in [-0.2, -0.15) is 8.78 Å². The van der Waals surface area contributed by atoms with Crippen LogP contribution in [0.5, 0.6) is 5.75 Å². The third kappa shape index (κ3) is 6.53. The number of alkyl halides is 2. The Morgan fingerprint density at radius 1 is 1.25 bits per heavy atom. The van der Waals surface area contributed by atoms with Gasteiger partial charge >= 0.3 is 6.61 Å². The van der Waals surface area contributed by atoms with Gasteiger partial charge in [0.25, 0.3) is 5.91 Å². The molecule has 1 heterocycles. The van der Waals surface area contributed by atoms with Gasteiger partial charge in [-0.3, -0.25) is 4.79 Å². The van der Waals surface area contributed by atoms with Crippen LogP contribution in [0.25, 0.3) is 0 Å². The number of hydrogen-bond acceptors (Lipinski definition) is 6. The first-order valence-corrected chi connectivity index (χ1v) is 12.4. The van der Waals surface area contributed by atoms with Crippen molar-refractivity contribution in [2.45, 2.75) is 76.4 Å². The molecule has 0 aliphatic carbocycles. The summed E-state index contributed by atoms with van der Waals surface area (Å²) >= 11 is 0.924. The number of aliphatic hydroxyl groups is 1. The number of aromatic nitrogens is 1. The van der Waals surface area contributed by atoms with E-state index in [1.54, 1.807) is 13.8 Å². The minimum Gasteiger partial charge on any atom is -0.435 e. The number of nitrogens with two attached hydrogens (primary N) is 1. The van der Waals surface area contributed by atoms with E-state index in [9.17, 15) is 22.9 Å². The van der Waals surface area contributed by atoms with Crippen molar-refractivity contribution in [1.29, 1.82) is 0 Å². The van der Waals surface area contributed by atoms with Crippen LogP contribution in [0, 0.1) is 0 Å². The highest BCUT2D eigenvalue weighted by Crippen LogP contribution is 2.34. The van der Waals surface area contributed by atoms with E-state index in [4.69, 9.17) is 5.14 Å². The van der Waals surface area contributed by atoms with Gasteiger partial charge in [0, 0.05) is 6.20 Å². The molecular weight excluding hydrogens is 460 g/mol. The van der Waals surface area contributed by atoms with Crippen molar-refractivity contribution in [2.75, 3.05) is 0 Å². The Labute approximate surface area is 191 Å². The molecule has 0 spiro atoms. The molecule has 11 heteroatoms. The number of hydrogen-bond donors (Lipinski definition) is 2. The van der Waals surface area contributed by atoms with E-state index < -0.39 is 28.0 Å². The fourth-order valence-electron chi connectivity index (χ4n) is 3.14. The highest BCUT2D eigenvalue weighted by atomic mass is 32.2. The monoisotopic (exact) mass is 489 g/mol. The van der Waals surface area contributed by atoms with E-state index in [-0.39, 0.29) is 28.3 Å². The Balaban J connectivity index is 2.47. The molecule has 1 aromatic heterocycles. The minimum absolute atomic E-state index is 0.0186. The topological polar surface area (TPSA) is 115 Å². The molecular formula is C21H29F2N3O4S2. The first-order valence-electron chi connectivity index (χ1n) is 9.99. The van der Waals surface area contributed by atoms with Crippen LogP contribution >= 0.6 is 11.3 Å². The molecule has 0 aliphatic heterocycles. The molecule has 0 fully saturated rings.